The van der Waals surface area contributed by atoms with Crippen molar-refractivity contribution in [3.05, 3.63) is 33.8 Å². The summed E-state index contributed by atoms with van der Waals surface area (Å²) >= 11 is 3.30. The van der Waals surface area contributed by atoms with Gasteiger partial charge in [-0.3, -0.25) is 19.3 Å². The van der Waals surface area contributed by atoms with Crippen molar-refractivity contribution in [3.8, 4) is 0 Å². The Kier molecular flexibility index (Phi) is 7.86. The second kappa shape index (κ2) is 9.15. The Hall–Kier alpha value is -1.44. The molecule has 0 saturated heterocycles. The Balaban J connectivity index is 0.00000288. The highest BCUT2D eigenvalue weighted by atomic mass is 79.9. The number of hydrogen-bond acceptors (Lipinski definition) is 4. The molecule has 3 amide bonds. The van der Waals surface area contributed by atoms with Gasteiger partial charge in [-0.25, -0.2) is 0 Å². The Labute approximate surface area is 156 Å². The topological polar surface area (TPSA) is 69.7 Å². The molecular weight excluding hydrogens is 398 g/mol. The number of nitrogens with zero attached hydrogens (tertiary/aromatic N) is 2. The largest absolute Gasteiger partial charge is 0.344 e. The standard InChI is InChI=1S/C16H20BrN3O3.ClH/c1-18-7-9-19(2)14(21)4-3-8-20-15(22)12-6-5-11(17)10-13(12)16(20)23;/h5-6,10,18H,3-4,7-9H2,1-2H3;1H. The molecule has 1 aromatic carbocycles. The van der Waals surface area contributed by atoms with E-state index in [0.717, 1.165) is 11.0 Å². The number of fused-ring (bicyclic) bond motifs is 1. The number of likely N-dealkylation sites (N-methyl/N-ethyl adjacent to an activating group) is 2. The summed E-state index contributed by atoms with van der Waals surface area (Å²) < 4.78 is 0.764. The normalized spacial score (nSPS) is 12.9. The second-order valence-corrected chi connectivity index (χ2v) is 6.39. The van der Waals surface area contributed by atoms with E-state index in [0.29, 0.717) is 30.5 Å². The number of carbonyl (C=O) groups is 3. The molecule has 1 N–H and O–H groups in total. The zero-order chi connectivity index (χ0) is 17.0. The van der Waals surface area contributed by atoms with Crippen LogP contribution >= 0.6 is 28.3 Å². The summed E-state index contributed by atoms with van der Waals surface area (Å²) in [5, 5.41) is 2.99. The van der Waals surface area contributed by atoms with Crippen molar-refractivity contribution in [1.82, 2.24) is 15.1 Å². The lowest BCUT2D eigenvalue weighted by molar-refractivity contribution is -0.130. The third kappa shape index (κ3) is 4.55. The minimum atomic E-state index is -0.290. The third-order valence-corrected chi connectivity index (χ3v) is 4.32. The highest BCUT2D eigenvalue weighted by molar-refractivity contribution is 9.10. The number of nitrogens with one attached hydrogen (secondary N) is 1. The Morgan fingerprint density at radius 3 is 2.58 bits per heavy atom. The zero-order valence-corrected chi connectivity index (χ0v) is 16.1. The van der Waals surface area contributed by atoms with E-state index in [-0.39, 0.29) is 36.7 Å². The summed E-state index contributed by atoms with van der Waals surface area (Å²) in [6, 6.07) is 5.05. The van der Waals surface area contributed by atoms with Gasteiger partial charge in [0.15, 0.2) is 0 Å². The van der Waals surface area contributed by atoms with Gasteiger partial charge in [-0.2, -0.15) is 0 Å². The molecule has 24 heavy (non-hydrogen) atoms. The van der Waals surface area contributed by atoms with Crippen LogP contribution in [0.3, 0.4) is 0 Å². The quantitative estimate of drug-likeness (QED) is 0.687. The van der Waals surface area contributed by atoms with Crippen LogP contribution in [0.1, 0.15) is 33.6 Å². The van der Waals surface area contributed by atoms with Crippen molar-refractivity contribution >= 4 is 46.1 Å². The van der Waals surface area contributed by atoms with Crippen LogP contribution in [0.15, 0.2) is 22.7 Å². The maximum atomic E-state index is 12.3. The molecule has 0 unspecified atom stereocenters. The van der Waals surface area contributed by atoms with Crippen LogP contribution in [0.25, 0.3) is 0 Å². The van der Waals surface area contributed by atoms with Gasteiger partial charge in [-0.05, 0) is 31.7 Å². The molecule has 0 aromatic heterocycles. The average Bonchev–Trinajstić information content (AvgIpc) is 2.76. The summed E-state index contributed by atoms with van der Waals surface area (Å²) in [5.74, 6) is -0.560. The first-order valence-corrected chi connectivity index (χ1v) is 8.29. The maximum Gasteiger partial charge on any atom is 0.261 e. The molecule has 0 fully saturated rings. The first-order chi connectivity index (χ1) is 11.0. The van der Waals surface area contributed by atoms with E-state index in [1.54, 1.807) is 30.1 Å². The smallest absolute Gasteiger partial charge is 0.261 e. The molecule has 0 aliphatic carbocycles. The van der Waals surface area contributed by atoms with Crippen LogP contribution in [0.4, 0.5) is 0 Å². The molecule has 6 nitrogen and oxygen atoms in total. The number of rotatable bonds is 7. The molecular formula is C16H21BrClN3O3. The number of halogens is 2. The van der Waals surface area contributed by atoms with Crippen LogP contribution in [0.5, 0.6) is 0 Å². The fourth-order valence-corrected chi connectivity index (χ4v) is 2.81. The Morgan fingerprint density at radius 1 is 1.25 bits per heavy atom. The lowest BCUT2D eigenvalue weighted by Crippen LogP contribution is -2.34. The molecule has 0 spiro atoms. The number of benzene rings is 1. The molecule has 1 aliphatic heterocycles. The van der Waals surface area contributed by atoms with Gasteiger partial charge in [0.25, 0.3) is 11.8 Å². The van der Waals surface area contributed by atoms with E-state index in [1.807, 2.05) is 7.05 Å². The van der Waals surface area contributed by atoms with Gasteiger partial charge in [-0.1, -0.05) is 15.9 Å². The van der Waals surface area contributed by atoms with E-state index < -0.39 is 0 Å². The molecule has 1 aliphatic rings. The van der Waals surface area contributed by atoms with Crippen molar-refractivity contribution in [2.75, 3.05) is 33.7 Å². The van der Waals surface area contributed by atoms with Crippen LogP contribution < -0.4 is 5.32 Å². The van der Waals surface area contributed by atoms with Gasteiger partial charge < -0.3 is 10.2 Å². The molecule has 1 aromatic rings. The average molecular weight is 419 g/mol. The van der Waals surface area contributed by atoms with E-state index in [1.165, 1.54) is 4.90 Å². The van der Waals surface area contributed by atoms with Gasteiger partial charge in [0.2, 0.25) is 5.91 Å². The van der Waals surface area contributed by atoms with Crippen molar-refractivity contribution in [2.24, 2.45) is 0 Å². The number of imide groups is 1. The van der Waals surface area contributed by atoms with E-state index in [2.05, 4.69) is 21.2 Å². The lowest BCUT2D eigenvalue weighted by Gasteiger charge is -2.18. The molecule has 2 rings (SSSR count). The molecule has 0 saturated carbocycles. The molecule has 0 bridgehead atoms. The monoisotopic (exact) mass is 417 g/mol. The van der Waals surface area contributed by atoms with Crippen LogP contribution in [0.2, 0.25) is 0 Å². The summed E-state index contributed by atoms with van der Waals surface area (Å²) in [6.45, 7) is 1.63. The number of carbonyl (C=O) groups excluding carboxylic acids is 3. The van der Waals surface area contributed by atoms with Gasteiger partial charge in [0, 0.05) is 37.6 Å². The zero-order valence-electron chi connectivity index (χ0n) is 13.7. The van der Waals surface area contributed by atoms with E-state index in [9.17, 15) is 14.4 Å². The first-order valence-electron chi connectivity index (χ1n) is 7.50. The predicted molar refractivity (Wildman–Crippen MR) is 97.6 cm³/mol. The number of hydrogen-bond donors (Lipinski definition) is 1. The van der Waals surface area contributed by atoms with E-state index in [4.69, 9.17) is 0 Å². The van der Waals surface area contributed by atoms with E-state index >= 15 is 0 Å². The molecule has 0 radical (unpaired) electrons. The van der Waals surface area contributed by atoms with Crippen molar-refractivity contribution in [1.29, 1.82) is 0 Å². The minimum Gasteiger partial charge on any atom is -0.344 e. The van der Waals surface area contributed by atoms with Crippen molar-refractivity contribution in [3.63, 3.8) is 0 Å². The Bertz CT molecular complexity index is 639. The van der Waals surface area contributed by atoms with Crippen LogP contribution in [-0.4, -0.2) is 61.3 Å². The Morgan fingerprint density at radius 2 is 1.92 bits per heavy atom. The molecule has 0 atom stereocenters. The predicted octanol–water partition coefficient (Wildman–Crippen LogP) is 1.92. The summed E-state index contributed by atoms with van der Waals surface area (Å²) in [4.78, 5) is 39.4. The van der Waals surface area contributed by atoms with Gasteiger partial charge >= 0.3 is 0 Å². The molecule has 1 heterocycles. The van der Waals surface area contributed by atoms with Gasteiger partial charge in [-0.15, -0.1) is 12.4 Å². The lowest BCUT2D eigenvalue weighted by atomic mass is 10.1. The fourth-order valence-electron chi connectivity index (χ4n) is 2.45. The SMILES string of the molecule is CNCCN(C)C(=O)CCCN1C(=O)c2ccc(Br)cc2C1=O.Cl. The maximum absolute atomic E-state index is 12.3. The second-order valence-electron chi connectivity index (χ2n) is 5.47. The highest BCUT2D eigenvalue weighted by Gasteiger charge is 2.35. The van der Waals surface area contributed by atoms with Gasteiger partial charge in [0.1, 0.15) is 0 Å². The third-order valence-electron chi connectivity index (χ3n) is 3.83. The van der Waals surface area contributed by atoms with Crippen LogP contribution in [-0.2, 0) is 4.79 Å². The summed E-state index contributed by atoms with van der Waals surface area (Å²) in [7, 11) is 3.58. The molecule has 132 valence electrons. The number of amides is 3. The van der Waals surface area contributed by atoms with Crippen molar-refractivity contribution in [2.45, 2.75) is 12.8 Å². The fraction of sp³-hybridized carbons (Fsp3) is 0.438. The van der Waals surface area contributed by atoms with Gasteiger partial charge in [0.05, 0.1) is 11.1 Å². The van der Waals surface area contributed by atoms with Crippen molar-refractivity contribution < 1.29 is 14.4 Å². The molecule has 8 heteroatoms. The first kappa shape index (κ1) is 20.6. The minimum absolute atomic E-state index is 0. The summed E-state index contributed by atoms with van der Waals surface area (Å²) in [6.07, 6.45) is 0.784. The highest BCUT2D eigenvalue weighted by Crippen LogP contribution is 2.26. The van der Waals surface area contributed by atoms with Crippen LogP contribution in [0, 0.1) is 0 Å². The summed E-state index contributed by atoms with van der Waals surface area (Å²) in [5.41, 5.74) is 0.845.